The fraction of sp³-hybridized carbons (Fsp3) is 0.333. The molecule has 0 saturated carbocycles. The van der Waals surface area contributed by atoms with Crippen LogP contribution >= 0.6 is 0 Å². The monoisotopic (exact) mass is 287 g/mol. The Labute approximate surface area is 122 Å². The maximum atomic E-state index is 11.2. The molecule has 0 amide bonds. The Hall–Kier alpha value is -2.18. The van der Waals surface area contributed by atoms with Crippen LogP contribution in [0.25, 0.3) is 11.3 Å². The first-order chi connectivity index (χ1) is 10.2. The Morgan fingerprint density at radius 2 is 2.24 bits per heavy atom. The highest BCUT2D eigenvalue weighted by molar-refractivity contribution is 5.74. The van der Waals surface area contributed by atoms with Crippen molar-refractivity contribution in [2.75, 3.05) is 19.6 Å². The van der Waals surface area contributed by atoms with E-state index in [2.05, 4.69) is 10.3 Å². The summed E-state index contributed by atoms with van der Waals surface area (Å²) in [7, 11) is 0. The molecule has 2 heterocycles. The van der Waals surface area contributed by atoms with Gasteiger partial charge in [-0.05, 0) is 0 Å². The van der Waals surface area contributed by atoms with Gasteiger partial charge in [0.15, 0.2) is 5.76 Å². The van der Waals surface area contributed by atoms with Crippen LogP contribution in [0.4, 0.5) is 0 Å². The van der Waals surface area contributed by atoms with Gasteiger partial charge in [0.05, 0.1) is 12.7 Å². The summed E-state index contributed by atoms with van der Waals surface area (Å²) in [6.07, 6.45) is 1.68. The van der Waals surface area contributed by atoms with Crippen LogP contribution in [0.15, 0.2) is 40.9 Å². The van der Waals surface area contributed by atoms with Gasteiger partial charge in [-0.15, -0.1) is 0 Å². The molecule has 1 saturated heterocycles. The summed E-state index contributed by atoms with van der Waals surface area (Å²) < 4.78 is 5.73. The molecule has 6 nitrogen and oxygen atoms in total. The number of hydrogen-bond donors (Lipinski definition) is 2. The molecule has 2 N–H and O–H groups in total. The first-order valence-electron chi connectivity index (χ1n) is 6.92. The molecule has 1 atom stereocenters. The minimum atomic E-state index is -0.822. The molecule has 1 aromatic heterocycles. The highest BCUT2D eigenvalue weighted by Crippen LogP contribution is 2.21. The summed E-state index contributed by atoms with van der Waals surface area (Å²) in [6, 6.07) is 9.19. The van der Waals surface area contributed by atoms with Gasteiger partial charge in [-0.1, -0.05) is 30.3 Å². The number of nitrogens with one attached hydrogen (secondary N) is 1. The summed E-state index contributed by atoms with van der Waals surface area (Å²) >= 11 is 0. The van der Waals surface area contributed by atoms with Crippen LogP contribution < -0.4 is 5.32 Å². The van der Waals surface area contributed by atoms with E-state index in [1.807, 2.05) is 35.2 Å². The summed E-state index contributed by atoms with van der Waals surface area (Å²) in [5.41, 5.74) is 0.964. The SMILES string of the molecule is O=C(O)C1CNCCN1Cc1ncc(-c2ccccc2)o1. The summed E-state index contributed by atoms with van der Waals surface area (Å²) in [6.45, 7) is 2.29. The molecule has 110 valence electrons. The molecule has 0 spiro atoms. The van der Waals surface area contributed by atoms with E-state index < -0.39 is 12.0 Å². The average Bonchev–Trinajstić information content (AvgIpc) is 2.97. The lowest BCUT2D eigenvalue weighted by atomic mass is 10.2. The first-order valence-corrected chi connectivity index (χ1v) is 6.92. The largest absolute Gasteiger partial charge is 0.480 e. The zero-order valence-electron chi connectivity index (χ0n) is 11.5. The lowest BCUT2D eigenvalue weighted by Gasteiger charge is -2.32. The number of hydrogen-bond acceptors (Lipinski definition) is 5. The second-order valence-electron chi connectivity index (χ2n) is 5.01. The normalized spacial score (nSPS) is 19.5. The third kappa shape index (κ3) is 3.12. The fourth-order valence-electron chi connectivity index (χ4n) is 2.47. The molecule has 1 unspecified atom stereocenters. The van der Waals surface area contributed by atoms with Crippen molar-refractivity contribution < 1.29 is 14.3 Å². The van der Waals surface area contributed by atoms with Crippen LogP contribution in [0.5, 0.6) is 0 Å². The minimum absolute atomic E-state index is 0.408. The van der Waals surface area contributed by atoms with Gasteiger partial charge >= 0.3 is 5.97 Å². The molecule has 1 aliphatic heterocycles. The molecule has 1 fully saturated rings. The molecule has 3 rings (SSSR count). The lowest BCUT2D eigenvalue weighted by Crippen LogP contribution is -2.54. The molecule has 2 aromatic rings. The van der Waals surface area contributed by atoms with Crippen molar-refractivity contribution in [3.8, 4) is 11.3 Å². The number of aliphatic carboxylic acids is 1. The molecule has 0 bridgehead atoms. The molecule has 0 radical (unpaired) electrons. The predicted molar refractivity (Wildman–Crippen MR) is 76.6 cm³/mol. The van der Waals surface area contributed by atoms with E-state index in [-0.39, 0.29) is 0 Å². The van der Waals surface area contributed by atoms with Crippen LogP contribution in [0, 0.1) is 0 Å². The summed E-state index contributed by atoms with van der Waals surface area (Å²) in [5.74, 6) is 0.423. The third-order valence-corrected chi connectivity index (χ3v) is 3.59. The number of nitrogens with zero attached hydrogens (tertiary/aromatic N) is 2. The molecule has 21 heavy (non-hydrogen) atoms. The Kier molecular flexibility index (Phi) is 3.98. The second-order valence-corrected chi connectivity index (χ2v) is 5.01. The van der Waals surface area contributed by atoms with Gasteiger partial charge in [0.25, 0.3) is 0 Å². The van der Waals surface area contributed by atoms with Gasteiger partial charge in [0.2, 0.25) is 5.89 Å². The van der Waals surface area contributed by atoms with Gasteiger partial charge < -0.3 is 14.8 Å². The average molecular weight is 287 g/mol. The number of rotatable bonds is 4. The number of aromatic nitrogens is 1. The maximum Gasteiger partial charge on any atom is 0.322 e. The zero-order chi connectivity index (χ0) is 14.7. The van der Waals surface area contributed by atoms with E-state index in [1.165, 1.54) is 0 Å². The van der Waals surface area contributed by atoms with Crippen molar-refractivity contribution in [1.82, 2.24) is 15.2 Å². The van der Waals surface area contributed by atoms with Crippen LogP contribution in [0.2, 0.25) is 0 Å². The van der Waals surface area contributed by atoms with Gasteiger partial charge in [-0.2, -0.15) is 0 Å². The lowest BCUT2D eigenvalue weighted by molar-refractivity contribution is -0.144. The zero-order valence-corrected chi connectivity index (χ0v) is 11.5. The van der Waals surface area contributed by atoms with Gasteiger partial charge in [0, 0.05) is 25.2 Å². The highest BCUT2D eigenvalue weighted by atomic mass is 16.4. The van der Waals surface area contributed by atoms with E-state index in [0.717, 1.165) is 12.1 Å². The topological polar surface area (TPSA) is 78.6 Å². The van der Waals surface area contributed by atoms with Crippen molar-refractivity contribution in [1.29, 1.82) is 0 Å². The number of benzene rings is 1. The van der Waals surface area contributed by atoms with Crippen molar-refractivity contribution >= 4 is 5.97 Å². The number of carboxylic acid groups (broad SMARTS) is 1. The van der Waals surface area contributed by atoms with Crippen molar-refractivity contribution in [3.05, 3.63) is 42.4 Å². The molecular formula is C15H17N3O3. The Morgan fingerprint density at radius 1 is 1.43 bits per heavy atom. The maximum absolute atomic E-state index is 11.2. The Morgan fingerprint density at radius 3 is 3.00 bits per heavy atom. The number of carboxylic acids is 1. The summed E-state index contributed by atoms with van der Waals surface area (Å²) in [5, 5.41) is 12.3. The molecule has 1 aliphatic rings. The second kappa shape index (κ2) is 6.07. The number of piperazine rings is 1. The molecular weight excluding hydrogens is 270 g/mol. The fourth-order valence-corrected chi connectivity index (χ4v) is 2.47. The Balaban J connectivity index is 1.73. The van der Waals surface area contributed by atoms with Crippen molar-refractivity contribution in [2.45, 2.75) is 12.6 Å². The van der Waals surface area contributed by atoms with E-state index in [0.29, 0.717) is 31.3 Å². The third-order valence-electron chi connectivity index (χ3n) is 3.59. The summed E-state index contributed by atoms with van der Waals surface area (Å²) in [4.78, 5) is 17.4. The molecule has 6 heteroatoms. The number of carbonyl (C=O) groups is 1. The van der Waals surface area contributed by atoms with Crippen LogP contribution in [-0.2, 0) is 11.3 Å². The minimum Gasteiger partial charge on any atom is -0.480 e. The van der Waals surface area contributed by atoms with E-state index >= 15 is 0 Å². The van der Waals surface area contributed by atoms with Crippen molar-refractivity contribution in [2.24, 2.45) is 0 Å². The predicted octanol–water partition coefficient (Wildman–Crippen LogP) is 1.20. The van der Waals surface area contributed by atoms with Crippen molar-refractivity contribution in [3.63, 3.8) is 0 Å². The Bertz CT molecular complexity index is 612. The van der Waals surface area contributed by atoms with Crippen LogP contribution in [0.1, 0.15) is 5.89 Å². The van der Waals surface area contributed by atoms with Crippen LogP contribution in [-0.4, -0.2) is 46.6 Å². The standard InChI is InChI=1S/C15H17N3O3/c19-15(20)12-8-16-6-7-18(12)10-14-17-9-13(21-14)11-4-2-1-3-5-11/h1-5,9,12,16H,6-8,10H2,(H,19,20). The quantitative estimate of drug-likeness (QED) is 0.879. The molecule has 1 aromatic carbocycles. The molecule has 0 aliphatic carbocycles. The van der Waals surface area contributed by atoms with E-state index in [1.54, 1.807) is 6.20 Å². The van der Waals surface area contributed by atoms with Crippen LogP contribution in [0.3, 0.4) is 0 Å². The smallest absolute Gasteiger partial charge is 0.322 e. The van der Waals surface area contributed by atoms with Gasteiger partial charge in [-0.3, -0.25) is 9.69 Å². The van der Waals surface area contributed by atoms with Gasteiger partial charge in [0.1, 0.15) is 6.04 Å². The van der Waals surface area contributed by atoms with E-state index in [9.17, 15) is 9.90 Å². The van der Waals surface area contributed by atoms with Gasteiger partial charge in [-0.25, -0.2) is 4.98 Å². The highest BCUT2D eigenvalue weighted by Gasteiger charge is 2.29. The first kappa shape index (κ1) is 13.8. The number of oxazole rings is 1. The van der Waals surface area contributed by atoms with E-state index in [4.69, 9.17) is 4.42 Å².